The Morgan fingerprint density at radius 1 is 1.05 bits per heavy atom. The van der Waals surface area contributed by atoms with Gasteiger partial charge >= 0.3 is 0 Å². The zero-order valence-electron chi connectivity index (χ0n) is 11.3. The molecule has 1 nitrogen and oxygen atoms in total. The van der Waals surface area contributed by atoms with Crippen molar-refractivity contribution in [1.82, 2.24) is 0 Å². The molecule has 0 heterocycles. The summed E-state index contributed by atoms with van der Waals surface area (Å²) in [5.41, 5.74) is 4.26. The third kappa shape index (κ3) is 3.16. The van der Waals surface area contributed by atoms with Gasteiger partial charge in [-0.05, 0) is 61.7 Å². The summed E-state index contributed by atoms with van der Waals surface area (Å²) in [6.45, 7) is 6.13. The van der Waals surface area contributed by atoms with Crippen LogP contribution in [0.5, 0.6) is 11.5 Å². The maximum Gasteiger partial charge on any atom is 0.131 e. The molecule has 2 aromatic rings. The Morgan fingerprint density at radius 3 is 2.47 bits per heavy atom. The third-order valence-electron chi connectivity index (χ3n) is 3.15. The fraction of sp³-hybridized carbons (Fsp3) is 0.250. The first kappa shape index (κ1) is 14.1. The van der Waals surface area contributed by atoms with Crippen LogP contribution in [0.2, 0.25) is 0 Å². The fourth-order valence-electron chi connectivity index (χ4n) is 1.98. The minimum Gasteiger partial charge on any atom is -0.457 e. The number of halogens is 2. The van der Waals surface area contributed by atoms with E-state index in [4.69, 9.17) is 4.74 Å². The van der Waals surface area contributed by atoms with Crippen molar-refractivity contribution < 1.29 is 9.13 Å². The van der Waals surface area contributed by atoms with Crippen molar-refractivity contribution in [3.05, 3.63) is 58.4 Å². The Bertz CT molecular complexity index is 608. The molecule has 100 valence electrons. The molecular formula is C16H16BrFO. The summed E-state index contributed by atoms with van der Waals surface area (Å²) in [6, 6.07) is 8.70. The number of alkyl halides is 1. The molecule has 0 bridgehead atoms. The fourth-order valence-corrected chi connectivity index (χ4v) is 2.42. The zero-order chi connectivity index (χ0) is 14.0. The molecule has 3 heteroatoms. The van der Waals surface area contributed by atoms with Crippen LogP contribution in [0.4, 0.5) is 4.39 Å². The summed E-state index contributed by atoms with van der Waals surface area (Å²) < 4.78 is 19.2. The van der Waals surface area contributed by atoms with Gasteiger partial charge in [-0.25, -0.2) is 4.39 Å². The predicted molar refractivity (Wildman–Crippen MR) is 79.8 cm³/mol. The normalized spacial score (nSPS) is 10.6. The van der Waals surface area contributed by atoms with E-state index >= 15 is 0 Å². The van der Waals surface area contributed by atoms with Crippen LogP contribution in [0.3, 0.4) is 0 Å². The maximum atomic E-state index is 13.2. The van der Waals surface area contributed by atoms with Gasteiger partial charge in [0, 0.05) is 10.9 Å². The Hall–Kier alpha value is -1.35. The largest absolute Gasteiger partial charge is 0.457 e. The number of benzene rings is 2. The molecule has 0 aliphatic heterocycles. The van der Waals surface area contributed by atoms with Gasteiger partial charge in [0.05, 0.1) is 0 Å². The zero-order valence-corrected chi connectivity index (χ0v) is 12.8. The van der Waals surface area contributed by atoms with E-state index in [9.17, 15) is 4.39 Å². The second kappa shape index (κ2) is 5.74. The lowest BCUT2D eigenvalue weighted by Crippen LogP contribution is -1.95. The Kier molecular flexibility index (Phi) is 4.25. The van der Waals surface area contributed by atoms with Gasteiger partial charge in [0.1, 0.15) is 17.3 Å². The number of aryl methyl sites for hydroxylation is 2. The van der Waals surface area contributed by atoms with Crippen LogP contribution in [0.1, 0.15) is 22.3 Å². The molecule has 0 atom stereocenters. The van der Waals surface area contributed by atoms with Gasteiger partial charge < -0.3 is 4.74 Å². The molecule has 2 aromatic carbocycles. The molecule has 2 rings (SSSR count). The molecule has 0 spiro atoms. The first-order valence-electron chi connectivity index (χ1n) is 6.11. The molecule has 0 fully saturated rings. The summed E-state index contributed by atoms with van der Waals surface area (Å²) in [5.74, 6) is 1.26. The van der Waals surface area contributed by atoms with E-state index in [0.29, 0.717) is 11.1 Å². The molecule has 0 radical (unpaired) electrons. The van der Waals surface area contributed by atoms with E-state index in [1.165, 1.54) is 17.7 Å². The van der Waals surface area contributed by atoms with Crippen molar-refractivity contribution in [3.8, 4) is 11.5 Å². The smallest absolute Gasteiger partial charge is 0.131 e. The highest BCUT2D eigenvalue weighted by atomic mass is 79.9. The quantitative estimate of drug-likeness (QED) is 0.684. The first-order valence-corrected chi connectivity index (χ1v) is 7.23. The Labute approximate surface area is 121 Å². The summed E-state index contributed by atoms with van der Waals surface area (Å²) >= 11 is 3.36. The lowest BCUT2D eigenvalue weighted by Gasteiger charge is -2.14. The molecule has 0 N–H and O–H groups in total. The minimum absolute atomic E-state index is 0.251. The molecule has 19 heavy (non-hydrogen) atoms. The van der Waals surface area contributed by atoms with Gasteiger partial charge in [-0.15, -0.1) is 0 Å². The van der Waals surface area contributed by atoms with Gasteiger partial charge in [-0.1, -0.05) is 22.0 Å². The van der Waals surface area contributed by atoms with Gasteiger partial charge in [-0.2, -0.15) is 0 Å². The third-order valence-corrected chi connectivity index (χ3v) is 3.75. The molecule has 0 aromatic heterocycles. The van der Waals surface area contributed by atoms with Gasteiger partial charge in [0.2, 0.25) is 0 Å². The number of hydrogen-bond acceptors (Lipinski definition) is 1. The van der Waals surface area contributed by atoms with Crippen LogP contribution >= 0.6 is 15.9 Å². The molecule has 0 amide bonds. The Balaban J connectivity index is 2.41. The van der Waals surface area contributed by atoms with Crippen LogP contribution in [-0.4, -0.2) is 0 Å². The van der Waals surface area contributed by atoms with E-state index in [2.05, 4.69) is 28.9 Å². The van der Waals surface area contributed by atoms with Gasteiger partial charge in [0.15, 0.2) is 0 Å². The highest BCUT2D eigenvalue weighted by Crippen LogP contribution is 2.31. The topological polar surface area (TPSA) is 9.23 Å². The van der Waals surface area contributed by atoms with Crippen LogP contribution in [-0.2, 0) is 5.33 Å². The lowest BCUT2D eigenvalue weighted by atomic mass is 10.1. The van der Waals surface area contributed by atoms with Gasteiger partial charge in [-0.3, -0.25) is 0 Å². The van der Waals surface area contributed by atoms with Crippen LogP contribution in [0.15, 0.2) is 30.3 Å². The average molecular weight is 323 g/mol. The summed E-state index contributed by atoms with van der Waals surface area (Å²) in [5, 5.41) is 0.559. The van der Waals surface area contributed by atoms with E-state index in [0.717, 1.165) is 22.4 Å². The first-order chi connectivity index (χ1) is 9.01. The van der Waals surface area contributed by atoms with Crippen molar-refractivity contribution in [2.45, 2.75) is 26.1 Å². The number of ether oxygens (including phenoxy) is 1. The van der Waals surface area contributed by atoms with Crippen LogP contribution in [0, 0.1) is 26.6 Å². The second-order valence-corrected chi connectivity index (χ2v) is 5.25. The standard InChI is InChI=1S/C16H16BrFO/c1-10-6-11(2)12(3)16(7-10)19-15-5-4-14(18)8-13(15)9-17/h4-8H,9H2,1-3H3. The maximum absolute atomic E-state index is 13.2. The van der Waals surface area contributed by atoms with E-state index in [1.807, 2.05) is 19.9 Å². The lowest BCUT2D eigenvalue weighted by molar-refractivity contribution is 0.471. The number of hydrogen-bond donors (Lipinski definition) is 0. The highest BCUT2D eigenvalue weighted by molar-refractivity contribution is 9.08. The molecule has 0 unspecified atom stereocenters. The van der Waals surface area contributed by atoms with Crippen molar-refractivity contribution in [2.75, 3.05) is 0 Å². The van der Waals surface area contributed by atoms with Gasteiger partial charge in [0.25, 0.3) is 0 Å². The highest BCUT2D eigenvalue weighted by Gasteiger charge is 2.09. The van der Waals surface area contributed by atoms with Crippen LogP contribution < -0.4 is 4.74 Å². The second-order valence-electron chi connectivity index (χ2n) is 4.69. The van der Waals surface area contributed by atoms with E-state index in [-0.39, 0.29) is 5.82 Å². The molecule has 0 saturated carbocycles. The average Bonchev–Trinajstić information content (AvgIpc) is 2.37. The van der Waals surface area contributed by atoms with E-state index < -0.39 is 0 Å². The minimum atomic E-state index is -0.251. The monoisotopic (exact) mass is 322 g/mol. The molecule has 0 aliphatic rings. The predicted octanol–water partition coefficient (Wildman–Crippen LogP) is 5.44. The molecule has 0 aliphatic carbocycles. The summed E-state index contributed by atoms with van der Waals surface area (Å²) in [4.78, 5) is 0. The summed E-state index contributed by atoms with van der Waals surface area (Å²) in [6.07, 6.45) is 0. The SMILES string of the molecule is Cc1cc(C)c(C)c(Oc2ccc(F)cc2CBr)c1. The van der Waals surface area contributed by atoms with Crippen LogP contribution in [0.25, 0.3) is 0 Å². The number of rotatable bonds is 3. The summed E-state index contributed by atoms with van der Waals surface area (Å²) in [7, 11) is 0. The van der Waals surface area contributed by atoms with Crippen molar-refractivity contribution in [2.24, 2.45) is 0 Å². The van der Waals surface area contributed by atoms with Crippen molar-refractivity contribution >= 4 is 15.9 Å². The molecule has 0 saturated heterocycles. The Morgan fingerprint density at radius 2 is 1.79 bits per heavy atom. The van der Waals surface area contributed by atoms with Crippen molar-refractivity contribution in [1.29, 1.82) is 0 Å². The van der Waals surface area contributed by atoms with Crippen molar-refractivity contribution in [3.63, 3.8) is 0 Å². The van der Waals surface area contributed by atoms with E-state index in [1.54, 1.807) is 6.07 Å². The molecular weight excluding hydrogens is 307 g/mol.